The van der Waals surface area contributed by atoms with Gasteiger partial charge in [-0.1, -0.05) is 23.9 Å². The van der Waals surface area contributed by atoms with E-state index in [-0.39, 0.29) is 6.04 Å². The van der Waals surface area contributed by atoms with E-state index in [2.05, 4.69) is 11.0 Å². The van der Waals surface area contributed by atoms with E-state index in [1.165, 1.54) is 0 Å². The van der Waals surface area contributed by atoms with Crippen LogP contribution in [0.5, 0.6) is 0 Å². The Morgan fingerprint density at radius 1 is 1.22 bits per heavy atom. The fourth-order valence-electron chi connectivity index (χ4n) is 2.77. The predicted octanol–water partition coefficient (Wildman–Crippen LogP) is -0.0713. The molecule has 1 fully saturated rings. The lowest BCUT2D eigenvalue weighted by Crippen LogP contribution is -2.42. The second-order valence-corrected chi connectivity index (χ2v) is 7.06. The topological polar surface area (TPSA) is 95.9 Å². The molecule has 0 spiro atoms. The highest BCUT2D eigenvalue weighted by Gasteiger charge is 2.22. The van der Waals surface area contributed by atoms with E-state index in [1.54, 1.807) is 0 Å². The molecule has 0 aromatic rings. The van der Waals surface area contributed by atoms with E-state index < -0.39 is 23.6 Å². The molecule has 23 heavy (non-hydrogen) atoms. The van der Waals surface area contributed by atoms with Gasteiger partial charge in [-0.25, -0.2) is 0 Å². The maximum Gasteiger partial charge on any atom is 0.160 e. The van der Waals surface area contributed by atoms with E-state index in [4.69, 9.17) is 4.99 Å². The zero-order valence-corrected chi connectivity index (χ0v) is 13.9. The van der Waals surface area contributed by atoms with Gasteiger partial charge in [0.15, 0.2) is 5.17 Å². The van der Waals surface area contributed by atoms with Crippen molar-refractivity contribution in [2.24, 2.45) is 4.99 Å². The van der Waals surface area contributed by atoms with Crippen LogP contribution in [0.3, 0.4) is 0 Å². The number of hydrogen-bond acceptors (Lipinski definition) is 6. The molecule has 6 nitrogen and oxygen atoms in total. The summed E-state index contributed by atoms with van der Waals surface area (Å²) in [6, 6.07) is 0.0403. The van der Waals surface area contributed by atoms with Gasteiger partial charge in [0.2, 0.25) is 0 Å². The molecule has 2 aliphatic rings. The minimum Gasteiger partial charge on any atom is -0.550 e. The van der Waals surface area contributed by atoms with Crippen LogP contribution in [0.1, 0.15) is 44.9 Å². The van der Waals surface area contributed by atoms with Gasteiger partial charge in [0.25, 0.3) is 0 Å². The molecule has 0 bridgehead atoms. The number of amidine groups is 1. The lowest BCUT2D eigenvalue weighted by Gasteiger charge is -2.32. The number of rotatable bonds is 5. The van der Waals surface area contributed by atoms with E-state index in [1.807, 2.05) is 6.08 Å². The maximum absolute atomic E-state index is 11.2. The fraction of sp³-hybridized carbons (Fsp3) is 0.688. The molecule has 2 atom stereocenters. The van der Waals surface area contributed by atoms with Crippen LogP contribution in [0.25, 0.3) is 0 Å². The third kappa shape index (κ3) is 5.89. The summed E-state index contributed by atoms with van der Waals surface area (Å²) in [5.41, 5.74) is 0. The number of likely N-dealkylation sites (tertiary alicyclic amines) is 1. The number of nitrogens with zero attached hydrogens (tertiary/aromatic N) is 2. The Kier molecular flexibility index (Phi) is 6.95. The van der Waals surface area contributed by atoms with Crippen LogP contribution in [0.15, 0.2) is 17.1 Å². The maximum atomic E-state index is 11.2. The molecule has 1 saturated heterocycles. The quantitative estimate of drug-likeness (QED) is 0.395. The number of hydrogen-bond donors (Lipinski definition) is 0. The SMILES string of the molecule is O=C([O-])C[C@@H](SC(=N[C@H]1C=CCCC1)N1CCCCC1)C(=O)[O-]. The number of carbonyl (C=O) groups excluding carboxylic acids is 2. The summed E-state index contributed by atoms with van der Waals surface area (Å²) in [6.45, 7) is 1.65. The highest BCUT2D eigenvalue weighted by Crippen LogP contribution is 2.24. The zero-order valence-electron chi connectivity index (χ0n) is 13.1. The van der Waals surface area contributed by atoms with Crippen LogP contribution in [-0.2, 0) is 9.59 Å². The Morgan fingerprint density at radius 3 is 2.52 bits per heavy atom. The van der Waals surface area contributed by atoms with Gasteiger partial charge in [-0.3, -0.25) is 4.99 Å². The first-order valence-corrected chi connectivity index (χ1v) is 9.01. The van der Waals surface area contributed by atoms with Crippen LogP contribution in [0.4, 0.5) is 0 Å². The van der Waals surface area contributed by atoms with Crippen molar-refractivity contribution in [2.75, 3.05) is 13.1 Å². The third-order valence-corrected chi connectivity index (χ3v) is 5.21. The average Bonchev–Trinajstić information content (AvgIpc) is 2.54. The summed E-state index contributed by atoms with van der Waals surface area (Å²) < 4.78 is 0. The standard InChI is InChI=1S/C16H24N2O4S/c19-14(20)11-13(15(21)22)23-16(18-9-5-2-6-10-18)17-12-7-3-1-4-8-12/h3,7,12-13H,1-2,4-6,8-11H2,(H,19,20)(H,21,22)/p-2/t12-,13+/m0/s1. The monoisotopic (exact) mass is 338 g/mol. The molecule has 0 aromatic heterocycles. The Hall–Kier alpha value is -1.50. The van der Waals surface area contributed by atoms with Gasteiger partial charge in [0, 0.05) is 25.5 Å². The molecule has 1 aliphatic heterocycles. The van der Waals surface area contributed by atoms with Crippen molar-refractivity contribution in [1.29, 1.82) is 0 Å². The molecule has 0 radical (unpaired) electrons. The first kappa shape index (κ1) is 17.8. The van der Waals surface area contributed by atoms with Crippen molar-refractivity contribution in [1.82, 2.24) is 4.90 Å². The molecular weight excluding hydrogens is 316 g/mol. The smallest absolute Gasteiger partial charge is 0.160 e. The van der Waals surface area contributed by atoms with Gasteiger partial charge >= 0.3 is 0 Å². The van der Waals surface area contributed by atoms with Gasteiger partial charge in [-0.05, 0) is 38.5 Å². The number of thioether (sulfide) groups is 1. The number of carboxylic acids is 2. The van der Waals surface area contributed by atoms with Crippen molar-refractivity contribution < 1.29 is 19.8 Å². The summed E-state index contributed by atoms with van der Waals surface area (Å²) in [7, 11) is 0. The van der Waals surface area contributed by atoms with Gasteiger partial charge in [-0.15, -0.1) is 0 Å². The van der Waals surface area contributed by atoms with E-state index >= 15 is 0 Å². The minimum atomic E-state index is -1.39. The van der Waals surface area contributed by atoms with Crippen LogP contribution >= 0.6 is 11.8 Å². The summed E-state index contributed by atoms with van der Waals surface area (Å²) >= 11 is 0.986. The van der Waals surface area contributed by atoms with Crippen LogP contribution in [-0.4, -0.2) is 46.4 Å². The number of piperidine rings is 1. The second kappa shape index (κ2) is 8.96. The highest BCUT2D eigenvalue weighted by atomic mass is 32.2. The largest absolute Gasteiger partial charge is 0.550 e. The first-order chi connectivity index (χ1) is 11.1. The number of carboxylic acid groups (broad SMARTS) is 2. The molecule has 1 aliphatic carbocycles. The first-order valence-electron chi connectivity index (χ1n) is 8.13. The Balaban J connectivity index is 2.15. The van der Waals surface area contributed by atoms with Gasteiger partial charge in [0.05, 0.1) is 17.3 Å². The van der Waals surface area contributed by atoms with Crippen molar-refractivity contribution >= 4 is 28.9 Å². The molecule has 1 heterocycles. The number of aliphatic carboxylic acids is 2. The Labute approximate surface area is 140 Å². The normalized spacial score (nSPS) is 23.6. The number of aliphatic imine (C=N–C) groups is 1. The molecule has 0 amide bonds. The van der Waals surface area contributed by atoms with Crippen LogP contribution < -0.4 is 10.2 Å². The van der Waals surface area contributed by atoms with Crippen LogP contribution in [0, 0.1) is 0 Å². The summed E-state index contributed by atoms with van der Waals surface area (Å²) in [6.07, 6.45) is 9.84. The third-order valence-electron chi connectivity index (χ3n) is 3.99. The Bertz CT molecular complexity index is 486. The zero-order chi connectivity index (χ0) is 16.7. The molecule has 0 aromatic carbocycles. The lowest BCUT2D eigenvalue weighted by atomic mass is 10.0. The summed E-state index contributed by atoms with van der Waals surface area (Å²) in [4.78, 5) is 28.8. The molecule has 0 unspecified atom stereocenters. The highest BCUT2D eigenvalue weighted by molar-refractivity contribution is 8.14. The Morgan fingerprint density at radius 2 is 1.96 bits per heavy atom. The average molecular weight is 338 g/mol. The summed E-state index contributed by atoms with van der Waals surface area (Å²) in [5.74, 6) is -2.77. The second-order valence-electron chi connectivity index (χ2n) is 5.89. The van der Waals surface area contributed by atoms with Crippen molar-refractivity contribution in [3.05, 3.63) is 12.2 Å². The fourth-order valence-corrected chi connectivity index (χ4v) is 3.87. The molecular formula is C16H22N2O4S-2. The van der Waals surface area contributed by atoms with Gasteiger partial charge in [0.1, 0.15) is 0 Å². The summed E-state index contributed by atoms with van der Waals surface area (Å²) in [5, 5.41) is 21.5. The molecule has 0 saturated carbocycles. The molecule has 2 rings (SSSR count). The molecule has 128 valence electrons. The van der Waals surface area contributed by atoms with Crippen molar-refractivity contribution in [3.63, 3.8) is 0 Å². The van der Waals surface area contributed by atoms with E-state index in [9.17, 15) is 19.8 Å². The van der Waals surface area contributed by atoms with Crippen LogP contribution in [0.2, 0.25) is 0 Å². The number of allylic oxidation sites excluding steroid dienone is 1. The van der Waals surface area contributed by atoms with Crippen molar-refractivity contribution in [3.8, 4) is 0 Å². The minimum absolute atomic E-state index is 0.0403. The lowest BCUT2D eigenvalue weighted by molar-refractivity contribution is -0.314. The van der Waals surface area contributed by atoms with Crippen molar-refractivity contribution in [2.45, 2.75) is 56.2 Å². The van der Waals surface area contributed by atoms with E-state index in [0.717, 1.165) is 63.4 Å². The molecule has 7 heteroatoms. The number of carbonyl (C=O) groups is 2. The predicted molar refractivity (Wildman–Crippen MR) is 85.6 cm³/mol. The molecule has 0 N–H and O–H groups in total. The van der Waals surface area contributed by atoms with Gasteiger partial charge in [-0.2, -0.15) is 0 Å². The van der Waals surface area contributed by atoms with E-state index in [0.29, 0.717) is 5.17 Å². The van der Waals surface area contributed by atoms with Gasteiger partial charge < -0.3 is 24.7 Å².